The quantitative estimate of drug-likeness (QED) is 0.895. The molecule has 0 saturated heterocycles. The van der Waals surface area contributed by atoms with Gasteiger partial charge < -0.3 is 10.6 Å². The minimum Gasteiger partial charge on any atom is -0.338 e. The first-order valence-electron chi connectivity index (χ1n) is 8.19. The standard InChI is InChI=1S/C16H26N4O/c1-3-16(8-5-9-16)11-17-15(21)19-13-6-4-7-14-12(13)10-18-20(14)2/h10,13H,3-9,11H2,1-2H3,(H2,17,19,21). The van der Waals surface area contributed by atoms with Gasteiger partial charge in [-0.3, -0.25) is 4.68 Å². The summed E-state index contributed by atoms with van der Waals surface area (Å²) in [4.78, 5) is 12.2. The van der Waals surface area contributed by atoms with Crippen molar-refractivity contribution in [3.8, 4) is 0 Å². The van der Waals surface area contributed by atoms with E-state index in [1.165, 1.54) is 30.5 Å². The third-order valence-corrected chi connectivity index (χ3v) is 5.47. The van der Waals surface area contributed by atoms with Crippen LogP contribution in [0.25, 0.3) is 0 Å². The molecule has 0 spiro atoms. The van der Waals surface area contributed by atoms with E-state index in [-0.39, 0.29) is 12.1 Å². The van der Waals surface area contributed by atoms with Crippen LogP contribution in [0.1, 0.15) is 62.7 Å². The first kappa shape index (κ1) is 14.4. The first-order valence-corrected chi connectivity index (χ1v) is 8.19. The molecule has 116 valence electrons. The highest BCUT2D eigenvalue weighted by Crippen LogP contribution is 2.43. The van der Waals surface area contributed by atoms with Gasteiger partial charge in [0.1, 0.15) is 0 Å². The van der Waals surface area contributed by atoms with Gasteiger partial charge in [-0.25, -0.2) is 4.79 Å². The summed E-state index contributed by atoms with van der Waals surface area (Å²) in [5.41, 5.74) is 2.81. The van der Waals surface area contributed by atoms with Crippen LogP contribution in [0.2, 0.25) is 0 Å². The lowest BCUT2D eigenvalue weighted by Crippen LogP contribution is -2.46. The van der Waals surface area contributed by atoms with Gasteiger partial charge in [-0.05, 0) is 43.9 Å². The first-order chi connectivity index (χ1) is 10.1. The van der Waals surface area contributed by atoms with Crippen LogP contribution in [0.3, 0.4) is 0 Å². The number of carbonyl (C=O) groups excluding carboxylic acids is 1. The molecule has 5 heteroatoms. The van der Waals surface area contributed by atoms with Crippen LogP contribution in [0.5, 0.6) is 0 Å². The van der Waals surface area contributed by atoms with Crippen molar-refractivity contribution in [2.75, 3.05) is 6.54 Å². The summed E-state index contributed by atoms with van der Waals surface area (Å²) in [6.07, 6.45) is 10.0. The highest BCUT2D eigenvalue weighted by atomic mass is 16.2. The summed E-state index contributed by atoms with van der Waals surface area (Å²) in [5, 5.41) is 10.5. The van der Waals surface area contributed by atoms with Crippen molar-refractivity contribution in [1.82, 2.24) is 20.4 Å². The Hall–Kier alpha value is -1.52. The Labute approximate surface area is 126 Å². The Morgan fingerprint density at radius 1 is 1.48 bits per heavy atom. The third-order valence-electron chi connectivity index (χ3n) is 5.47. The molecule has 1 fully saturated rings. The fraction of sp³-hybridized carbons (Fsp3) is 0.750. The molecule has 2 aliphatic carbocycles. The normalized spacial score (nSPS) is 23.0. The number of nitrogens with zero attached hydrogens (tertiary/aromatic N) is 2. The monoisotopic (exact) mass is 290 g/mol. The fourth-order valence-electron chi connectivity index (χ4n) is 3.67. The molecule has 2 amide bonds. The summed E-state index contributed by atoms with van der Waals surface area (Å²) >= 11 is 0. The Bertz CT molecular complexity index is 513. The van der Waals surface area contributed by atoms with E-state index >= 15 is 0 Å². The molecule has 2 aliphatic rings. The molecule has 1 saturated carbocycles. The molecule has 0 aromatic carbocycles. The van der Waals surface area contributed by atoms with Gasteiger partial charge in [-0.15, -0.1) is 0 Å². The fourth-order valence-corrected chi connectivity index (χ4v) is 3.67. The lowest BCUT2D eigenvalue weighted by molar-refractivity contribution is 0.125. The van der Waals surface area contributed by atoms with E-state index in [0.717, 1.165) is 32.2 Å². The van der Waals surface area contributed by atoms with Gasteiger partial charge >= 0.3 is 6.03 Å². The predicted octanol–water partition coefficient (Wildman–Crippen LogP) is 2.68. The lowest BCUT2D eigenvalue weighted by Gasteiger charge is -2.41. The van der Waals surface area contributed by atoms with Crippen molar-refractivity contribution in [2.24, 2.45) is 12.5 Å². The van der Waals surface area contributed by atoms with Gasteiger partial charge in [-0.1, -0.05) is 13.3 Å². The summed E-state index contributed by atoms with van der Waals surface area (Å²) in [5.74, 6) is 0. The zero-order chi connectivity index (χ0) is 14.9. The van der Waals surface area contributed by atoms with E-state index in [1.54, 1.807) is 0 Å². The van der Waals surface area contributed by atoms with Crippen LogP contribution in [0.15, 0.2) is 6.20 Å². The topological polar surface area (TPSA) is 59.0 Å². The number of aryl methyl sites for hydroxylation is 1. The highest BCUT2D eigenvalue weighted by Gasteiger charge is 2.35. The minimum atomic E-state index is -0.0311. The molecule has 3 rings (SSSR count). The number of hydrogen-bond donors (Lipinski definition) is 2. The maximum atomic E-state index is 12.2. The maximum Gasteiger partial charge on any atom is 0.315 e. The van der Waals surface area contributed by atoms with Crippen LogP contribution >= 0.6 is 0 Å². The molecule has 5 nitrogen and oxygen atoms in total. The number of aromatic nitrogens is 2. The van der Waals surface area contributed by atoms with Crippen molar-refractivity contribution in [2.45, 2.75) is 57.9 Å². The van der Waals surface area contributed by atoms with Crippen LogP contribution in [0, 0.1) is 5.41 Å². The number of fused-ring (bicyclic) bond motifs is 1. The van der Waals surface area contributed by atoms with Crippen molar-refractivity contribution >= 4 is 6.03 Å². The molecule has 1 unspecified atom stereocenters. The SMILES string of the molecule is CCC1(CNC(=O)NC2CCCc3c2cnn3C)CCC1. The van der Waals surface area contributed by atoms with Crippen LogP contribution in [-0.4, -0.2) is 22.4 Å². The maximum absolute atomic E-state index is 12.2. The van der Waals surface area contributed by atoms with E-state index in [0.29, 0.717) is 5.41 Å². The molecule has 2 N–H and O–H groups in total. The average molecular weight is 290 g/mol. The van der Waals surface area contributed by atoms with Gasteiger partial charge in [0.2, 0.25) is 0 Å². The molecule has 0 radical (unpaired) electrons. The van der Waals surface area contributed by atoms with Crippen molar-refractivity contribution in [3.63, 3.8) is 0 Å². The minimum absolute atomic E-state index is 0.0311. The van der Waals surface area contributed by atoms with Crippen LogP contribution < -0.4 is 10.6 Å². The van der Waals surface area contributed by atoms with Crippen LogP contribution in [-0.2, 0) is 13.5 Å². The van der Waals surface area contributed by atoms with E-state index in [1.807, 2.05) is 17.9 Å². The van der Waals surface area contributed by atoms with E-state index in [4.69, 9.17) is 0 Å². The Morgan fingerprint density at radius 3 is 2.95 bits per heavy atom. The molecule has 21 heavy (non-hydrogen) atoms. The van der Waals surface area contributed by atoms with Gasteiger partial charge in [-0.2, -0.15) is 5.10 Å². The van der Waals surface area contributed by atoms with Gasteiger partial charge in [0.25, 0.3) is 0 Å². The summed E-state index contributed by atoms with van der Waals surface area (Å²) < 4.78 is 1.93. The van der Waals surface area contributed by atoms with Gasteiger partial charge in [0.15, 0.2) is 0 Å². The zero-order valence-corrected chi connectivity index (χ0v) is 13.1. The van der Waals surface area contributed by atoms with Crippen LogP contribution in [0.4, 0.5) is 4.79 Å². The number of nitrogens with one attached hydrogen (secondary N) is 2. The second-order valence-electron chi connectivity index (χ2n) is 6.65. The summed E-state index contributed by atoms with van der Waals surface area (Å²) in [6, 6.07) is 0.0813. The molecule has 1 atom stereocenters. The second-order valence-corrected chi connectivity index (χ2v) is 6.65. The van der Waals surface area contributed by atoms with Gasteiger partial charge in [0.05, 0.1) is 12.2 Å². The molecule has 1 aromatic rings. The highest BCUT2D eigenvalue weighted by molar-refractivity contribution is 5.74. The summed E-state index contributed by atoms with van der Waals surface area (Å²) in [6.45, 7) is 3.03. The smallest absolute Gasteiger partial charge is 0.315 e. The molecule has 0 aliphatic heterocycles. The van der Waals surface area contributed by atoms with E-state index in [9.17, 15) is 4.79 Å². The number of hydrogen-bond acceptors (Lipinski definition) is 2. The largest absolute Gasteiger partial charge is 0.338 e. The third kappa shape index (κ3) is 2.78. The Balaban J connectivity index is 1.56. The Kier molecular flexibility index (Phi) is 3.91. The molecular formula is C16H26N4O. The van der Waals surface area contributed by atoms with Gasteiger partial charge in [0, 0.05) is 24.8 Å². The number of rotatable bonds is 4. The average Bonchev–Trinajstić information content (AvgIpc) is 2.81. The number of urea groups is 1. The van der Waals surface area contributed by atoms with E-state index in [2.05, 4.69) is 22.7 Å². The molecule has 1 heterocycles. The lowest BCUT2D eigenvalue weighted by atomic mass is 9.67. The van der Waals surface area contributed by atoms with Crippen molar-refractivity contribution in [3.05, 3.63) is 17.5 Å². The Morgan fingerprint density at radius 2 is 2.29 bits per heavy atom. The van der Waals surface area contributed by atoms with Crippen molar-refractivity contribution in [1.29, 1.82) is 0 Å². The number of amides is 2. The summed E-state index contributed by atoms with van der Waals surface area (Å²) in [7, 11) is 1.98. The zero-order valence-electron chi connectivity index (χ0n) is 13.1. The predicted molar refractivity (Wildman–Crippen MR) is 82.0 cm³/mol. The van der Waals surface area contributed by atoms with E-state index < -0.39 is 0 Å². The molecule has 1 aromatic heterocycles. The molecule has 0 bridgehead atoms. The van der Waals surface area contributed by atoms with Crippen molar-refractivity contribution < 1.29 is 4.79 Å². The number of carbonyl (C=O) groups is 1. The molecular weight excluding hydrogens is 264 g/mol. The second kappa shape index (κ2) is 5.70.